The number of carbonyl (C=O) groups is 1. The number of nitriles is 1. The standard InChI is InChI=1S/C18H20F2N4O3S/c19-11-1-3-14(4-2-11)28(26,27)23-9-15-16(10-23)18(15)22-7-17(25)24-8-12(20)5-13(24)6-21/h1-4,12-13,15-16,18,22H,5,7-10H2/t12-,13-,15?,16?,18?/m0/s1. The van der Waals surface area contributed by atoms with Gasteiger partial charge in [0.25, 0.3) is 0 Å². The van der Waals surface area contributed by atoms with E-state index in [1.165, 1.54) is 21.3 Å². The van der Waals surface area contributed by atoms with Crippen LogP contribution in [-0.2, 0) is 14.8 Å². The molecule has 3 fully saturated rings. The maximum atomic E-state index is 13.4. The van der Waals surface area contributed by atoms with Crippen LogP contribution in [0.4, 0.5) is 8.78 Å². The van der Waals surface area contributed by atoms with Gasteiger partial charge in [-0.2, -0.15) is 9.57 Å². The third kappa shape index (κ3) is 3.38. The second kappa shape index (κ2) is 7.06. The third-order valence-corrected chi connectivity index (χ3v) is 7.67. The minimum atomic E-state index is -3.66. The van der Waals surface area contributed by atoms with Gasteiger partial charge in [-0.15, -0.1) is 0 Å². The van der Waals surface area contributed by atoms with Crippen LogP contribution in [0, 0.1) is 29.0 Å². The van der Waals surface area contributed by atoms with Crippen LogP contribution in [0.1, 0.15) is 6.42 Å². The number of benzene rings is 1. The van der Waals surface area contributed by atoms with Crippen molar-refractivity contribution in [2.45, 2.75) is 29.6 Å². The Labute approximate surface area is 162 Å². The number of hydrogen-bond donors (Lipinski definition) is 1. The molecule has 0 radical (unpaired) electrons. The van der Waals surface area contributed by atoms with Gasteiger partial charge in [0.1, 0.15) is 18.0 Å². The maximum absolute atomic E-state index is 13.4. The number of halogens is 2. The highest BCUT2D eigenvalue weighted by Crippen LogP contribution is 2.47. The Bertz CT molecular complexity index is 906. The van der Waals surface area contributed by atoms with E-state index in [9.17, 15) is 22.0 Å². The fourth-order valence-corrected chi connectivity index (χ4v) is 5.75. The first-order chi connectivity index (χ1) is 13.3. The van der Waals surface area contributed by atoms with Gasteiger partial charge in [0.2, 0.25) is 15.9 Å². The number of hydrogen-bond acceptors (Lipinski definition) is 5. The molecule has 150 valence electrons. The number of likely N-dealkylation sites (tertiary alicyclic amines) is 1. The number of carbonyl (C=O) groups excluding carboxylic acids is 1. The predicted molar refractivity (Wildman–Crippen MR) is 94.6 cm³/mol. The summed E-state index contributed by atoms with van der Waals surface area (Å²) in [6, 6.07) is 6.01. The number of sulfonamides is 1. The molecule has 0 spiro atoms. The summed E-state index contributed by atoms with van der Waals surface area (Å²) in [4.78, 5) is 13.6. The molecule has 1 N–H and O–H groups in total. The van der Waals surface area contributed by atoms with Crippen LogP contribution in [0.3, 0.4) is 0 Å². The van der Waals surface area contributed by atoms with Gasteiger partial charge in [-0.25, -0.2) is 17.2 Å². The molecule has 1 amide bonds. The maximum Gasteiger partial charge on any atom is 0.243 e. The Balaban J connectivity index is 1.29. The Morgan fingerprint density at radius 3 is 2.46 bits per heavy atom. The molecule has 1 aromatic carbocycles. The number of fused-ring (bicyclic) bond motifs is 1. The molecule has 1 saturated carbocycles. The van der Waals surface area contributed by atoms with E-state index < -0.39 is 28.1 Å². The monoisotopic (exact) mass is 410 g/mol. The summed E-state index contributed by atoms with van der Waals surface area (Å²) in [7, 11) is -3.66. The Hall–Kier alpha value is -2.09. The molecule has 1 aromatic rings. The predicted octanol–water partition coefficient (Wildman–Crippen LogP) is 0.497. The highest BCUT2D eigenvalue weighted by molar-refractivity contribution is 7.89. The topological polar surface area (TPSA) is 93.5 Å². The highest BCUT2D eigenvalue weighted by Gasteiger charge is 2.58. The molecule has 4 atom stereocenters. The largest absolute Gasteiger partial charge is 0.323 e. The zero-order chi connectivity index (χ0) is 20.1. The van der Waals surface area contributed by atoms with Gasteiger partial charge in [0.15, 0.2) is 0 Å². The summed E-state index contributed by atoms with van der Waals surface area (Å²) in [6.45, 7) is 0.633. The Kier molecular flexibility index (Phi) is 4.85. The fraction of sp³-hybridized carbons (Fsp3) is 0.556. The van der Waals surface area contributed by atoms with E-state index in [0.29, 0.717) is 13.1 Å². The number of nitrogens with zero attached hydrogens (tertiary/aromatic N) is 3. The average Bonchev–Trinajstić information content (AvgIpc) is 3.00. The van der Waals surface area contributed by atoms with Gasteiger partial charge in [-0.05, 0) is 36.1 Å². The number of rotatable bonds is 5. The third-order valence-electron chi connectivity index (χ3n) is 5.82. The van der Waals surface area contributed by atoms with E-state index >= 15 is 0 Å². The Morgan fingerprint density at radius 1 is 1.21 bits per heavy atom. The van der Waals surface area contributed by atoms with Crippen LogP contribution in [0.15, 0.2) is 29.2 Å². The number of piperidine rings is 1. The summed E-state index contributed by atoms with van der Waals surface area (Å²) in [6.07, 6.45) is -1.12. The van der Waals surface area contributed by atoms with E-state index in [-0.39, 0.29) is 48.2 Å². The highest BCUT2D eigenvalue weighted by atomic mass is 32.2. The molecule has 0 aromatic heterocycles. The minimum absolute atomic E-state index is 0.00722. The van der Waals surface area contributed by atoms with Crippen molar-refractivity contribution in [3.05, 3.63) is 30.1 Å². The van der Waals surface area contributed by atoms with Crippen molar-refractivity contribution in [1.82, 2.24) is 14.5 Å². The second-order valence-corrected chi connectivity index (χ2v) is 9.47. The molecule has 10 heteroatoms. The molecular weight excluding hydrogens is 390 g/mol. The lowest BCUT2D eigenvalue weighted by Gasteiger charge is -2.21. The molecule has 7 nitrogen and oxygen atoms in total. The summed E-state index contributed by atoms with van der Waals surface area (Å²) < 4.78 is 53.1. The molecule has 2 heterocycles. The van der Waals surface area contributed by atoms with Crippen molar-refractivity contribution in [2.75, 3.05) is 26.2 Å². The summed E-state index contributed by atoms with van der Waals surface area (Å²) in [5.41, 5.74) is 0. The second-order valence-electron chi connectivity index (χ2n) is 7.53. The first-order valence-electron chi connectivity index (χ1n) is 9.13. The smallest absolute Gasteiger partial charge is 0.243 e. The van der Waals surface area contributed by atoms with Gasteiger partial charge in [-0.3, -0.25) is 4.79 Å². The molecule has 1 aliphatic carbocycles. The van der Waals surface area contributed by atoms with E-state index in [1.807, 2.05) is 6.07 Å². The minimum Gasteiger partial charge on any atom is -0.323 e. The molecule has 2 unspecified atom stereocenters. The molecular formula is C18H20F2N4O3S. The molecule has 3 aliphatic rings. The summed E-state index contributed by atoms with van der Waals surface area (Å²) in [5.74, 6) is -0.579. The van der Waals surface area contributed by atoms with Crippen molar-refractivity contribution in [3.63, 3.8) is 0 Å². The zero-order valence-corrected chi connectivity index (χ0v) is 15.8. The number of nitrogens with one attached hydrogen (secondary N) is 1. The van der Waals surface area contributed by atoms with Crippen molar-refractivity contribution in [3.8, 4) is 6.07 Å². The fourth-order valence-electron chi connectivity index (χ4n) is 4.23. The summed E-state index contributed by atoms with van der Waals surface area (Å²) >= 11 is 0. The van der Waals surface area contributed by atoms with E-state index in [4.69, 9.17) is 5.26 Å². The lowest BCUT2D eigenvalue weighted by Crippen LogP contribution is -2.43. The Morgan fingerprint density at radius 2 is 1.86 bits per heavy atom. The van der Waals surface area contributed by atoms with Crippen molar-refractivity contribution < 1.29 is 22.0 Å². The zero-order valence-electron chi connectivity index (χ0n) is 15.0. The van der Waals surface area contributed by atoms with Crippen LogP contribution in [-0.4, -0.2) is 68.0 Å². The molecule has 4 rings (SSSR count). The lowest BCUT2D eigenvalue weighted by molar-refractivity contribution is -0.130. The quantitative estimate of drug-likeness (QED) is 0.763. The molecule has 0 bridgehead atoms. The van der Waals surface area contributed by atoms with Crippen molar-refractivity contribution in [1.29, 1.82) is 5.26 Å². The van der Waals surface area contributed by atoms with Crippen LogP contribution < -0.4 is 5.32 Å². The van der Waals surface area contributed by atoms with Gasteiger partial charge in [0.05, 0.1) is 24.1 Å². The summed E-state index contributed by atoms with van der Waals surface area (Å²) in [5, 5.41) is 12.1. The van der Waals surface area contributed by atoms with Crippen LogP contribution in [0.2, 0.25) is 0 Å². The number of amides is 1. The molecule has 2 aliphatic heterocycles. The van der Waals surface area contributed by atoms with E-state index in [2.05, 4.69) is 5.32 Å². The first-order valence-corrected chi connectivity index (χ1v) is 10.6. The molecule has 28 heavy (non-hydrogen) atoms. The van der Waals surface area contributed by atoms with Gasteiger partial charge >= 0.3 is 0 Å². The first kappa shape index (κ1) is 19.2. The van der Waals surface area contributed by atoms with Crippen LogP contribution >= 0.6 is 0 Å². The van der Waals surface area contributed by atoms with Crippen LogP contribution in [0.5, 0.6) is 0 Å². The van der Waals surface area contributed by atoms with Gasteiger partial charge < -0.3 is 10.2 Å². The van der Waals surface area contributed by atoms with E-state index in [0.717, 1.165) is 12.1 Å². The van der Waals surface area contributed by atoms with Crippen molar-refractivity contribution in [2.24, 2.45) is 11.8 Å². The normalized spacial score (nSPS) is 32.2. The number of alkyl halides is 1. The van der Waals surface area contributed by atoms with Gasteiger partial charge in [-0.1, -0.05) is 0 Å². The molecule has 2 saturated heterocycles. The lowest BCUT2D eigenvalue weighted by atomic mass is 10.2. The van der Waals surface area contributed by atoms with Crippen molar-refractivity contribution >= 4 is 15.9 Å². The van der Waals surface area contributed by atoms with Gasteiger partial charge in [0, 0.05) is 25.6 Å². The SMILES string of the molecule is N#C[C@@H]1C[C@H](F)CN1C(=O)CNC1C2CN(S(=O)(=O)c3ccc(F)cc3)CC21. The average molecular weight is 410 g/mol. The van der Waals surface area contributed by atoms with E-state index in [1.54, 1.807) is 0 Å². The van der Waals surface area contributed by atoms with Crippen LogP contribution in [0.25, 0.3) is 0 Å².